The van der Waals surface area contributed by atoms with Gasteiger partial charge in [0.2, 0.25) is 11.8 Å². The lowest BCUT2D eigenvalue weighted by Gasteiger charge is -2.14. The lowest BCUT2D eigenvalue weighted by atomic mass is 10.1. The van der Waals surface area contributed by atoms with Crippen LogP contribution in [0.3, 0.4) is 0 Å². The zero-order chi connectivity index (χ0) is 18.0. The van der Waals surface area contributed by atoms with Gasteiger partial charge in [-0.05, 0) is 19.8 Å². The van der Waals surface area contributed by atoms with Gasteiger partial charge in [-0.2, -0.15) is 0 Å². The van der Waals surface area contributed by atoms with Crippen LogP contribution in [0.25, 0.3) is 0 Å². The van der Waals surface area contributed by atoms with Crippen molar-refractivity contribution < 1.29 is 9.59 Å². The van der Waals surface area contributed by atoms with Crippen LogP contribution >= 0.6 is 0 Å². The first-order valence-electron chi connectivity index (χ1n) is 10.2. The molecule has 0 spiro atoms. The van der Waals surface area contributed by atoms with Gasteiger partial charge in [-0.15, -0.1) is 0 Å². The smallest absolute Gasteiger partial charge is 0.242 e. The van der Waals surface area contributed by atoms with Crippen LogP contribution in [0.4, 0.5) is 0 Å². The Bertz CT molecular complexity index is 319. The molecule has 0 saturated heterocycles. The van der Waals surface area contributed by atoms with E-state index in [-0.39, 0.29) is 11.8 Å². The second kappa shape index (κ2) is 16.8. The summed E-state index contributed by atoms with van der Waals surface area (Å²) >= 11 is 0. The van der Waals surface area contributed by atoms with Crippen LogP contribution < -0.4 is 10.6 Å². The maximum atomic E-state index is 11.9. The van der Waals surface area contributed by atoms with Crippen LogP contribution in [0.15, 0.2) is 0 Å². The van der Waals surface area contributed by atoms with Gasteiger partial charge in [0.05, 0.1) is 0 Å². The van der Waals surface area contributed by atoms with Crippen LogP contribution in [-0.2, 0) is 9.59 Å². The second-order valence-electron chi connectivity index (χ2n) is 6.87. The van der Waals surface area contributed by atoms with Crippen molar-refractivity contribution in [3.8, 4) is 0 Å². The largest absolute Gasteiger partial charge is 0.354 e. The van der Waals surface area contributed by atoms with E-state index >= 15 is 0 Å². The summed E-state index contributed by atoms with van der Waals surface area (Å²) in [6, 6.07) is -0.433. The number of hydrogen-bond acceptors (Lipinski definition) is 2. The minimum absolute atomic E-state index is 0.00675. The highest BCUT2D eigenvalue weighted by molar-refractivity contribution is 5.87. The minimum atomic E-state index is -0.433. The van der Waals surface area contributed by atoms with E-state index in [1.807, 2.05) is 0 Å². The van der Waals surface area contributed by atoms with Crippen LogP contribution in [0, 0.1) is 0 Å². The molecule has 142 valence electrons. The fraction of sp³-hybridized carbons (Fsp3) is 0.900. The summed E-state index contributed by atoms with van der Waals surface area (Å²) in [6.45, 7) is 6.88. The molecule has 0 heterocycles. The van der Waals surface area contributed by atoms with Gasteiger partial charge in [0.25, 0.3) is 0 Å². The van der Waals surface area contributed by atoms with Crippen molar-refractivity contribution in [1.29, 1.82) is 0 Å². The molecule has 4 nitrogen and oxygen atoms in total. The summed E-state index contributed by atoms with van der Waals surface area (Å²) in [5.74, 6) is -0.0763. The van der Waals surface area contributed by atoms with Gasteiger partial charge in [0.1, 0.15) is 6.04 Å². The van der Waals surface area contributed by atoms with Crippen LogP contribution in [0.1, 0.15) is 104 Å². The predicted molar refractivity (Wildman–Crippen MR) is 102 cm³/mol. The van der Waals surface area contributed by atoms with Gasteiger partial charge in [0, 0.05) is 13.0 Å². The molecule has 0 aromatic carbocycles. The summed E-state index contributed by atoms with van der Waals surface area (Å²) in [7, 11) is 0. The lowest BCUT2D eigenvalue weighted by molar-refractivity contribution is -0.128. The highest BCUT2D eigenvalue weighted by Gasteiger charge is 2.14. The molecule has 0 aromatic rings. The zero-order valence-electron chi connectivity index (χ0n) is 16.3. The monoisotopic (exact) mass is 340 g/mol. The number of nitrogens with one attached hydrogen (secondary N) is 2. The quantitative estimate of drug-likeness (QED) is 0.399. The van der Waals surface area contributed by atoms with Crippen LogP contribution in [0.5, 0.6) is 0 Å². The molecule has 0 unspecified atom stereocenters. The Balaban J connectivity index is 3.57. The van der Waals surface area contributed by atoms with E-state index in [4.69, 9.17) is 0 Å². The highest BCUT2D eigenvalue weighted by atomic mass is 16.2. The molecule has 0 aliphatic heterocycles. The first kappa shape index (κ1) is 22.9. The van der Waals surface area contributed by atoms with Gasteiger partial charge < -0.3 is 10.6 Å². The van der Waals surface area contributed by atoms with E-state index in [0.29, 0.717) is 13.0 Å². The van der Waals surface area contributed by atoms with Gasteiger partial charge in [-0.25, -0.2) is 0 Å². The van der Waals surface area contributed by atoms with E-state index in [1.165, 1.54) is 57.8 Å². The fourth-order valence-corrected chi connectivity index (χ4v) is 2.72. The molecular weight excluding hydrogens is 300 g/mol. The molecule has 0 saturated carbocycles. The Morgan fingerprint density at radius 3 is 1.83 bits per heavy atom. The number of rotatable bonds is 16. The number of carbonyl (C=O) groups is 2. The van der Waals surface area contributed by atoms with Crippen molar-refractivity contribution in [3.05, 3.63) is 0 Å². The van der Waals surface area contributed by atoms with E-state index in [1.54, 1.807) is 6.92 Å². The average Bonchev–Trinajstić information content (AvgIpc) is 2.56. The third kappa shape index (κ3) is 14.5. The van der Waals surface area contributed by atoms with E-state index in [2.05, 4.69) is 24.5 Å². The minimum Gasteiger partial charge on any atom is -0.354 e. The number of hydrogen-bond donors (Lipinski definition) is 2. The first-order valence-corrected chi connectivity index (χ1v) is 10.2. The molecule has 4 heteroatoms. The summed E-state index contributed by atoms with van der Waals surface area (Å²) in [4.78, 5) is 23.8. The molecule has 2 N–H and O–H groups in total. The normalized spacial score (nSPS) is 12.0. The second-order valence-corrected chi connectivity index (χ2v) is 6.87. The molecule has 0 radical (unpaired) electrons. The van der Waals surface area contributed by atoms with E-state index < -0.39 is 6.04 Å². The van der Waals surface area contributed by atoms with Gasteiger partial charge in [-0.3, -0.25) is 9.59 Å². The molecule has 2 amide bonds. The molecule has 0 aliphatic rings. The molecule has 24 heavy (non-hydrogen) atoms. The first-order chi connectivity index (χ1) is 11.6. The predicted octanol–water partition coefficient (Wildman–Crippen LogP) is 4.72. The Morgan fingerprint density at radius 1 is 0.750 bits per heavy atom. The number of amides is 2. The molecule has 0 aromatic heterocycles. The van der Waals surface area contributed by atoms with Crippen molar-refractivity contribution in [2.45, 2.75) is 110 Å². The third-order valence-corrected chi connectivity index (χ3v) is 4.36. The maximum Gasteiger partial charge on any atom is 0.242 e. The fourth-order valence-electron chi connectivity index (χ4n) is 2.72. The van der Waals surface area contributed by atoms with Gasteiger partial charge in [-0.1, -0.05) is 78.1 Å². The summed E-state index contributed by atoms with van der Waals surface area (Å²) < 4.78 is 0. The van der Waals surface area contributed by atoms with Crippen molar-refractivity contribution >= 4 is 11.8 Å². The van der Waals surface area contributed by atoms with Crippen LogP contribution in [-0.4, -0.2) is 24.4 Å². The molecule has 0 bridgehead atoms. The molecule has 0 fully saturated rings. The van der Waals surface area contributed by atoms with Gasteiger partial charge in [0.15, 0.2) is 0 Å². The van der Waals surface area contributed by atoms with E-state index in [0.717, 1.165) is 19.3 Å². The Kier molecular flexibility index (Phi) is 16.0. The number of unbranched alkanes of at least 4 members (excludes halogenated alkanes) is 10. The van der Waals surface area contributed by atoms with Gasteiger partial charge >= 0.3 is 0 Å². The third-order valence-electron chi connectivity index (χ3n) is 4.36. The molecule has 0 rings (SSSR count). The van der Waals surface area contributed by atoms with Crippen molar-refractivity contribution in [2.24, 2.45) is 0 Å². The Labute approximate surface area is 149 Å². The Morgan fingerprint density at radius 2 is 1.25 bits per heavy atom. The molecule has 0 aliphatic carbocycles. The standard InChI is InChI=1S/C20H40N2O2/c1-4-6-8-10-12-14-16-19(23)22-18(3)20(24)21-17-15-13-11-9-7-5-2/h18H,4-17H2,1-3H3,(H,21,24)(H,22,23)/t18-/m0/s1. The van der Waals surface area contributed by atoms with Crippen LogP contribution in [0.2, 0.25) is 0 Å². The zero-order valence-corrected chi connectivity index (χ0v) is 16.3. The van der Waals surface area contributed by atoms with Crippen molar-refractivity contribution in [1.82, 2.24) is 10.6 Å². The van der Waals surface area contributed by atoms with E-state index in [9.17, 15) is 9.59 Å². The maximum absolute atomic E-state index is 11.9. The molecule has 1 atom stereocenters. The highest BCUT2D eigenvalue weighted by Crippen LogP contribution is 2.07. The summed E-state index contributed by atoms with van der Waals surface area (Å²) in [5, 5.41) is 5.72. The SMILES string of the molecule is CCCCCCCCNC(=O)[C@H](C)NC(=O)CCCCCCCC. The van der Waals surface area contributed by atoms with Crippen molar-refractivity contribution in [2.75, 3.05) is 6.54 Å². The summed E-state index contributed by atoms with van der Waals surface area (Å²) in [6.07, 6.45) is 14.8. The topological polar surface area (TPSA) is 58.2 Å². The average molecular weight is 341 g/mol. The molecular formula is C20H40N2O2. The number of carbonyl (C=O) groups excluding carboxylic acids is 2. The summed E-state index contributed by atoms with van der Waals surface area (Å²) in [5.41, 5.74) is 0. The van der Waals surface area contributed by atoms with Crippen molar-refractivity contribution in [3.63, 3.8) is 0 Å². The Hall–Kier alpha value is -1.06. The lowest BCUT2D eigenvalue weighted by Crippen LogP contribution is -2.45.